The molecule has 0 aromatic heterocycles. The molecule has 0 radical (unpaired) electrons. The molecule has 0 aliphatic rings. The van der Waals surface area contributed by atoms with E-state index in [2.05, 4.69) is 69.4 Å². The number of phosphoric acid groups is 1. The molecule has 3 unspecified atom stereocenters. The predicted octanol–water partition coefficient (Wildman–Crippen LogP) is 17.4. The summed E-state index contributed by atoms with van der Waals surface area (Å²) < 4.78 is 39.5. The minimum Gasteiger partial charge on any atom is -0.462 e. The van der Waals surface area contributed by atoms with Crippen molar-refractivity contribution in [1.29, 1.82) is 0 Å². The van der Waals surface area contributed by atoms with Gasteiger partial charge in [-0.05, 0) is 77.0 Å². The fraction of sp³-hybridized carbons (Fsp3) is 0.817. The van der Waals surface area contributed by atoms with E-state index in [9.17, 15) is 28.9 Å². The number of rotatable bonds is 55. The molecule has 0 saturated carbocycles. The maximum Gasteiger partial charge on any atom is 0.472 e. The average Bonchev–Trinajstić information content (AvgIpc) is 3.37. The minimum atomic E-state index is -4.75. The molecule has 0 heterocycles. The Morgan fingerprint density at radius 2 is 0.722 bits per heavy atom. The zero-order valence-electron chi connectivity index (χ0n) is 46.4. The lowest BCUT2D eigenvalue weighted by Gasteiger charge is -2.21. The van der Waals surface area contributed by atoms with Gasteiger partial charge in [-0.25, -0.2) is 4.57 Å². The van der Waals surface area contributed by atoms with Gasteiger partial charge in [0.1, 0.15) is 12.7 Å². The number of carbonyl (C=O) groups is 3. The van der Waals surface area contributed by atoms with E-state index in [0.29, 0.717) is 19.3 Å². The summed E-state index contributed by atoms with van der Waals surface area (Å²) in [6.45, 7) is 4.53. The average molecular weight is 1040 g/mol. The van der Waals surface area contributed by atoms with E-state index in [-0.39, 0.29) is 25.9 Å². The third kappa shape index (κ3) is 52.3. The predicted molar refractivity (Wildman–Crippen MR) is 298 cm³/mol. The second-order valence-electron chi connectivity index (χ2n) is 19.8. The molecule has 0 saturated heterocycles. The Kier molecular flexibility index (Phi) is 52.7. The normalized spacial score (nSPS) is 13.7. The summed E-state index contributed by atoms with van der Waals surface area (Å²) in [5, 5.41) is 9.81. The van der Waals surface area contributed by atoms with Crippen molar-refractivity contribution in [2.75, 3.05) is 26.4 Å². The molecule has 0 aromatic carbocycles. The largest absolute Gasteiger partial charge is 0.472 e. The molecule has 11 nitrogen and oxygen atoms in total. The summed E-state index contributed by atoms with van der Waals surface area (Å²) in [6, 6.07) is 0. The summed E-state index contributed by atoms with van der Waals surface area (Å²) in [5.41, 5.74) is 0. The van der Waals surface area contributed by atoms with E-state index in [4.69, 9.17) is 23.3 Å². The van der Waals surface area contributed by atoms with Crippen LogP contribution in [0.1, 0.15) is 278 Å². The Morgan fingerprint density at radius 1 is 0.403 bits per heavy atom. The lowest BCUT2D eigenvalue weighted by Crippen LogP contribution is -2.30. The lowest BCUT2D eigenvalue weighted by molar-refractivity contribution is -0.161. The molecule has 72 heavy (non-hydrogen) atoms. The van der Waals surface area contributed by atoms with Gasteiger partial charge in [0.2, 0.25) is 0 Å². The maximum absolute atomic E-state index is 12.9. The van der Waals surface area contributed by atoms with Crippen LogP contribution in [0.15, 0.2) is 48.6 Å². The van der Waals surface area contributed by atoms with Gasteiger partial charge < -0.3 is 24.2 Å². The molecule has 0 amide bonds. The van der Waals surface area contributed by atoms with Crippen LogP contribution >= 0.6 is 7.82 Å². The Labute approximate surface area is 441 Å². The first kappa shape index (κ1) is 69.4. The Hall–Kier alpha value is -2.56. The molecule has 0 fully saturated rings. The second kappa shape index (κ2) is 54.7. The van der Waals surface area contributed by atoms with E-state index in [1.807, 2.05) is 0 Å². The first-order valence-electron chi connectivity index (χ1n) is 29.5. The van der Waals surface area contributed by atoms with Crippen molar-refractivity contribution in [1.82, 2.24) is 0 Å². The summed E-state index contributed by atoms with van der Waals surface area (Å²) in [5.74, 6) is -1.48. The summed E-state index contributed by atoms with van der Waals surface area (Å²) in [6.07, 6.45) is 57.8. The molecule has 0 rings (SSSR count). The number of hydrogen-bond acceptors (Lipinski definition) is 10. The van der Waals surface area contributed by atoms with Gasteiger partial charge in [-0.2, -0.15) is 0 Å². The van der Waals surface area contributed by atoms with Crippen molar-refractivity contribution >= 4 is 25.7 Å². The van der Waals surface area contributed by atoms with Crippen LogP contribution in [-0.2, 0) is 42.2 Å². The Morgan fingerprint density at radius 3 is 1.14 bits per heavy atom. The number of aliphatic hydroxyl groups is 1. The van der Waals surface area contributed by atoms with Crippen LogP contribution in [0.4, 0.5) is 0 Å². The van der Waals surface area contributed by atoms with Gasteiger partial charge in [-0.3, -0.25) is 23.4 Å². The van der Waals surface area contributed by atoms with Gasteiger partial charge in [-0.15, -0.1) is 0 Å². The van der Waals surface area contributed by atoms with Gasteiger partial charge in [0.25, 0.3) is 0 Å². The van der Waals surface area contributed by atoms with Crippen LogP contribution in [0, 0.1) is 0 Å². The number of unbranched alkanes of at least 4 members (excludes halogenated alkanes) is 30. The Bertz CT molecular complexity index is 1400. The van der Waals surface area contributed by atoms with Crippen LogP contribution in [0.3, 0.4) is 0 Å². The molecule has 3 atom stereocenters. The molecule has 0 aliphatic heterocycles. The maximum atomic E-state index is 12.9. The molecule has 12 heteroatoms. The first-order valence-corrected chi connectivity index (χ1v) is 31.0. The Balaban J connectivity index is 4.72. The smallest absolute Gasteiger partial charge is 0.462 e. The number of phosphoric ester groups is 1. The SMILES string of the molecule is CC/C=C\C/C=C\C/C=C\CCCCCCCC(=O)OCC(COP(=O)(O)OCC(CO)OC(=O)CCCCCCC/C=C\CCCCCC)OC(=O)CCCCCCCCCCCCCCCCCCC. The molecule has 0 aliphatic carbocycles. The highest BCUT2D eigenvalue weighted by atomic mass is 31.2. The fourth-order valence-electron chi connectivity index (χ4n) is 8.25. The monoisotopic (exact) mass is 1040 g/mol. The number of carbonyl (C=O) groups excluding carboxylic acids is 3. The number of esters is 3. The van der Waals surface area contributed by atoms with Gasteiger partial charge in [-0.1, -0.05) is 230 Å². The third-order valence-electron chi connectivity index (χ3n) is 12.7. The van der Waals surface area contributed by atoms with Crippen LogP contribution in [0.2, 0.25) is 0 Å². The van der Waals surface area contributed by atoms with Gasteiger partial charge in [0.05, 0.1) is 19.8 Å². The van der Waals surface area contributed by atoms with E-state index in [1.165, 1.54) is 109 Å². The van der Waals surface area contributed by atoms with Crippen molar-refractivity contribution < 1.29 is 52.2 Å². The standard InChI is InChI=1S/C60H109O11P/c1-4-7-10-13-16-19-22-25-27-28-30-33-36-39-42-45-48-51-60(64)71-57(53-67-58(62)49-46-43-40-37-34-32-29-26-23-20-17-14-11-8-5-2)55-69-72(65,66)68-54-56(52-61)70-59(63)50-47-44-41-38-35-31-24-21-18-15-12-9-6-3/h8,11,17,20-21,24,26,29,56-57,61H,4-7,9-10,12-16,18-19,22-23,25,27-28,30-55H2,1-3H3,(H,65,66)/b11-8-,20-17-,24-21-,29-26-. The quantitative estimate of drug-likeness (QED) is 0.0197. The molecular formula is C60H109O11P. The molecule has 0 spiro atoms. The lowest BCUT2D eigenvalue weighted by atomic mass is 10.0. The molecule has 0 bridgehead atoms. The van der Waals surface area contributed by atoms with Crippen LogP contribution < -0.4 is 0 Å². The van der Waals surface area contributed by atoms with Crippen molar-refractivity contribution in [2.24, 2.45) is 0 Å². The first-order chi connectivity index (χ1) is 35.2. The van der Waals surface area contributed by atoms with Crippen molar-refractivity contribution in [3.05, 3.63) is 48.6 Å². The molecular weight excluding hydrogens is 928 g/mol. The number of hydrogen-bond donors (Lipinski definition) is 2. The van der Waals surface area contributed by atoms with Gasteiger partial charge >= 0.3 is 25.7 Å². The van der Waals surface area contributed by atoms with E-state index >= 15 is 0 Å². The number of ether oxygens (including phenoxy) is 3. The summed E-state index contributed by atoms with van der Waals surface area (Å²) >= 11 is 0. The van der Waals surface area contributed by atoms with E-state index in [1.54, 1.807) is 0 Å². The summed E-state index contributed by atoms with van der Waals surface area (Å²) in [7, 11) is -4.75. The van der Waals surface area contributed by atoms with Crippen LogP contribution in [-0.4, -0.2) is 66.5 Å². The highest BCUT2D eigenvalue weighted by molar-refractivity contribution is 7.47. The zero-order valence-corrected chi connectivity index (χ0v) is 47.3. The van der Waals surface area contributed by atoms with Crippen molar-refractivity contribution in [2.45, 2.75) is 290 Å². The molecule has 0 aromatic rings. The van der Waals surface area contributed by atoms with Gasteiger partial charge in [0, 0.05) is 19.3 Å². The second-order valence-corrected chi connectivity index (χ2v) is 21.2. The van der Waals surface area contributed by atoms with Crippen LogP contribution in [0.5, 0.6) is 0 Å². The highest BCUT2D eigenvalue weighted by Crippen LogP contribution is 2.43. The highest BCUT2D eigenvalue weighted by Gasteiger charge is 2.28. The third-order valence-corrected chi connectivity index (χ3v) is 13.7. The number of aliphatic hydroxyl groups excluding tert-OH is 1. The molecule has 420 valence electrons. The minimum absolute atomic E-state index is 0.167. The van der Waals surface area contributed by atoms with Crippen LogP contribution in [0.25, 0.3) is 0 Å². The van der Waals surface area contributed by atoms with Gasteiger partial charge in [0.15, 0.2) is 6.10 Å². The topological polar surface area (TPSA) is 155 Å². The van der Waals surface area contributed by atoms with Crippen molar-refractivity contribution in [3.63, 3.8) is 0 Å². The fourth-order valence-corrected chi connectivity index (χ4v) is 9.03. The van der Waals surface area contributed by atoms with Crippen molar-refractivity contribution in [3.8, 4) is 0 Å². The molecule has 2 N–H and O–H groups in total. The van der Waals surface area contributed by atoms with E-state index in [0.717, 1.165) is 109 Å². The van der Waals surface area contributed by atoms with E-state index < -0.39 is 57.8 Å². The zero-order chi connectivity index (χ0) is 52.7. The number of allylic oxidation sites excluding steroid dienone is 8. The summed E-state index contributed by atoms with van der Waals surface area (Å²) in [4.78, 5) is 48.5.